The van der Waals surface area contributed by atoms with E-state index < -0.39 is 12.0 Å². The lowest BCUT2D eigenvalue weighted by atomic mass is 10.1. The third kappa shape index (κ3) is 3.64. The summed E-state index contributed by atoms with van der Waals surface area (Å²) in [5.74, 6) is -1.07. The van der Waals surface area contributed by atoms with Crippen LogP contribution in [-0.2, 0) is 17.5 Å². The van der Waals surface area contributed by atoms with Gasteiger partial charge in [-0.3, -0.25) is 9.80 Å². The fraction of sp³-hybridized carbons (Fsp3) is 0.733. The second-order valence-corrected chi connectivity index (χ2v) is 6.32. The summed E-state index contributed by atoms with van der Waals surface area (Å²) in [5.41, 5.74) is 1.14. The van der Waals surface area contributed by atoms with Crippen molar-refractivity contribution in [2.24, 2.45) is 0 Å². The van der Waals surface area contributed by atoms with Crippen LogP contribution in [0.5, 0.6) is 0 Å². The maximum Gasteiger partial charge on any atom is 0.451 e. The van der Waals surface area contributed by atoms with Gasteiger partial charge in [0.25, 0.3) is 0 Å². The predicted molar refractivity (Wildman–Crippen MR) is 77.8 cm³/mol. The Labute approximate surface area is 133 Å². The van der Waals surface area contributed by atoms with Gasteiger partial charge in [0.15, 0.2) is 0 Å². The van der Waals surface area contributed by atoms with Crippen LogP contribution in [0.25, 0.3) is 0 Å². The molecule has 0 bridgehead atoms. The Bertz CT molecular complexity index is 566. The number of hydrogen-bond donors (Lipinski definition) is 0. The summed E-state index contributed by atoms with van der Waals surface area (Å²) in [6, 6.07) is 0.773. The van der Waals surface area contributed by atoms with Crippen LogP contribution < -0.4 is 0 Å². The highest BCUT2D eigenvalue weighted by Gasteiger charge is 2.36. The van der Waals surface area contributed by atoms with Gasteiger partial charge in [0.05, 0.1) is 13.2 Å². The molecule has 2 fully saturated rings. The van der Waals surface area contributed by atoms with Crippen LogP contribution in [0.3, 0.4) is 0 Å². The molecule has 0 saturated carbocycles. The molecular formula is C15H21F3N4O. The first-order valence-electron chi connectivity index (χ1n) is 7.80. The van der Waals surface area contributed by atoms with Crippen LogP contribution in [-0.4, -0.2) is 64.7 Å². The van der Waals surface area contributed by atoms with E-state index in [1.165, 1.54) is 6.20 Å². The summed E-state index contributed by atoms with van der Waals surface area (Å²) in [4.78, 5) is 11.8. The molecule has 8 heteroatoms. The first-order valence-corrected chi connectivity index (χ1v) is 7.80. The number of piperazine rings is 1. The Hall–Kier alpha value is -1.25. The Morgan fingerprint density at radius 1 is 1.30 bits per heavy atom. The lowest BCUT2D eigenvalue weighted by molar-refractivity contribution is -0.145. The van der Waals surface area contributed by atoms with E-state index in [0.29, 0.717) is 30.9 Å². The molecule has 2 atom stereocenters. The average Bonchev–Trinajstić information content (AvgIpc) is 2.48. The molecule has 0 aliphatic carbocycles. The van der Waals surface area contributed by atoms with Crippen molar-refractivity contribution < 1.29 is 17.9 Å². The van der Waals surface area contributed by atoms with E-state index in [0.717, 1.165) is 31.8 Å². The quantitative estimate of drug-likeness (QED) is 0.826. The van der Waals surface area contributed by atoms with Crippen LogP contribution in [0.1, 0.15) is 24.0 Å². The van der Waals surface area contributed by atoms with Gasteiger partial charge in [-0.2, -0.15) is 13.2 Å². The maximum absolute atomic E-state index is 12.6. The molecule has 0 spiro atoms. The molecule has 1 aromatic rings. The average molecular weight is 330 g/mol. The lowest BCUT2D eigenvalue weighted by Crippen LogP contribution is -2.60. The number of fused-ring (bicyclic) bond motifs is 1. The monoisotopic (exact) mass is 330 g/mol. The van der Waals surface area contributed by atoms with Crippen LogP contribution in [0.2, 0.25) is 0 Å². The van der Waals surface area contributed by atoms with Gasteiger partial charge in [-0.15, -0.1) is 0 Å². The second-order valence-electron chi connectivity index (χ2n) is 6.32. The Morgan fingerprint density at radius 2 is 2.09 bits per heavy atom. The zero-order valence-electron chi connectivity index (χ0n) is 13.3. The van der Waals surface area contributed by atoms with Gasteiger partial charge in [0.2, 0.25) is 5.82 Å². The van der Waals surface area contributed by atoms with Crippen molar-refractivity contribution in [1.82, 2.24) is 19.8 Å². The molecule has 2 saturated heterocycles. The number of rotatable bonds is 2. The van der Waals surface area contributed by atoms with Crippen LogP contribution in [0.4, 0.5) is 13.2 Å². The van der Waals surface area contributed by atoms with Gasteiger partial charge in [0.1, 0.15) is 0 Å². The van der Waals surface area contributed by atoms with Crippen LogP contribution in [0.15, 0.2) is 6.20 Å². The molecule has 5 nitrogen and oxygen atoms in total. The maximum atomic E-state index is 12.6. The smallest absolute Gasteiger partial charge is 0.378 e. The molecule has 2 aliphatic heterocycles. The fourth-order valence-electron chi connectivity index (χ4n) is 3.30. The third-order valence-corrected chi connectivity index (χ3v) is 4.58. The fourth-order valence-corrected chi connectivity index (χ4v) is 3.30. The van der Waals surface area contributed by atoms with Crippen molar-refractivity contribution in [2.45, 2.75) is 38.7 Å². The van der Waals surface area contributed by atoms with E-state index in [1.54, 1.807) is 6.92 Å². The van der Waals surface area contributed by atoms with Crippen molar-refractivity contribution in [3.05, 3.63) is 23.3 Å². The minimum atomic E-state index is -4.50. The third-order valence-electron chi connectivity index (χ3n) is 4.58. The predicted octanol–water partition coefficient (Wildman–Crippen LogP) is 1.71. The first kappa shape index (κ1) is 16.6. The molecule has 3 rings (SSSR count). The Kier molecular flexibility index (Phi) is 4.57. The van der Waals surface area contributed by atoms with Crippen LogP contribution in [0, 0.1) is 6.92 Å². The standard InChI is InChI=1S/C15H21F3N4O/c1-10-8-23-9-13-7-21(3-4-22(10)13)6-12-5-19-14(15(16,17)18)20-11(12)2/h5,10,13H,3-4,6-9H2,1-2H3/t10-,13+/m0/s1. The first-order chi connectivity index (χ1) is 10.8. The van der Waals surface area contributed by atoms with E-state index in [-0.39, 0.29) is 0 Å². The summed E-state index contributed by atoms with van der Waals surface area (Å²) in [6.45, 7) is 8.51. The van der Waals surface area contributed by atoms with Gasteiger partial charge < -0.3 is 4.74 Å². The largest absolute Gasteiger partial charge is 0.451 e. The molecular weight excluding hydrogens is 309 g/mol. The zero-order chi connectivity index (χ0) is 16.6. The van der Waals surface area contributed by atoms with Gasteiger partial charge in [-0.25, -0.2) is 9.97 Å². The van der Waals surface area contributed by atoms with E-state index in [1.807, 2.05) is 0 Å². The van der Waals surface area contributed by atoms with E-state index in [4.69, 9.17) is 4.74 Å². The summed E-state index contributed by atoms with van der Waals surface area (Å²) in [7, 11) is 0. The minimum absolute atomic E-state index is 0.350. The number of nitrogens with zero attached hydrogens (tertiary/aromatic N) is 4. The van der Waals surface area contributed by atoms with Crippen molar-refractivity contribution >= 4 is 0 Å². The number of halogens is 3. The van der Waals surface area contributed by atoms with Crippen molar-refractivity contribution in [1.29, 1.82) is 0 Å². The molecule has 2 aliphatic rings. The van der Waals surface area contributed by atoms with Gasteiger partial charge in [0, 0.05) is 55.7 Å². The van der Waals surface area contributed by atoms with Crippen molar-refractivity contribution in [2.75, 3.05) is 32.8 Å². The number of hydrogen-bond acceptors (Lipinski definition) is 5. The highest BCUT2D eigenvalue weighted by atomic mass is 19.4. The lowest BCUT2D eigenvalue weighted by Gasteiger charge is -2.47. The molecule has 0 unspecified atom stereocenters. The second kappa shape index (κ2) is 6.33. The molecule has 0 radical (unpaired) electrons. The molecule has 3 heterocycles. The zero-order valence-corrected chi connectivity index (χ0v) is 13.3. The van der Waals surface area contributed by atoms with Gasteiger partial charge in [-0.1, -0.05) is 0 Å². The van der Waals surface area contributed by atoms with Gasteiger partial charge >= 0.3 is 6.18 Å². The number of morpholine rings is 1. The molecule has 128 valence electrons. The Morgan fingerprint density at radius 3 is 2.78 bits per heavy atom. The Balaban J connectivity index is 1.66. The topological polar surface area (TPSA) is 41.5 Å². The van der Waals surface area contributed by atoms with E-state index >= 15 is 0 Å². The van der Waals surface area contributed by atoms with E-state index in [9.17, 15) is 13.2 Å². The summed E-state index contributed by atoms with van der Waals surface area (Å²) in [6.07, 6.45) is -3.19. The highest BCUT2D eigenvalue weighted by molar-refractivity contribution is 5.17. The van der Waals surface area contributed by atoms with Crippen molar-refractivity contribution in [3.63, 3.8) is 0 Å². The summed E-state index contributed by atoms with van der Waals surface area (Å²) < 4.78 is 43.5. The number of aryl methyl sites for hydroxylation is 1. The van der Waals surface area contributed by atoms with Gasteiger partial charge in [-0.05, 0) is 13.8 Å². The van der Waals surface area contributed by atoms with Crippen LogP contribution >= 0.6 is 0 Å². The normalized spacial score (nSPS) is 27.0. The SMILES string of the molecule is Cc1nc(C(F)(F)F)ncc1CN1CCN2[C@@H](COC[C@@H]2C)C1. The summed E-state index contributed by atoms with van der Waals surface area (Å²) >= 11 is 0. The summed E-state index contributed by atoms with van der Waals surface area (Å²) in [5, 5.41) is 0. The number of ether oxygens (including phenoxy) is 1. The molecule has 0 amide bonds. The molecule has 23 heavy (non-hydrogen) atoms. The highest BCUT2D eigenvalue weighted by Crippen LogP contribution is 2.27. The number of aromatic nitrogens is 2. The number of alkyl halides is 3. The molecule has 0 aromatic carbocycles. The molecule has 0 N–H and O–H groups in total. The molecule has 1 aromatic heterocycles. The van der Waals surface area contributed by atoms with Crippen molar-refractivity contribution in [3.8, 4) is 0 Å². The minimum Gasteiger partial charge on any atom is -0.378 e. The van der Waals surface area contributed by atoms with E-state index in [2.05, 4.69) is 26.7 Å².